The first-order valence-corrected chi connectivity index (χ1v) is 7.63. The van der Waals surface area contributed by atoms with Gasteiger partial charge in [0.2, 0.25) is 5.91 Å². The molecule has 1 N–H and O–H groups in total. The van der Waals surface area contributed by atoms with Crippen molar-refractivity contribution in [1.82, 2.24) is 10.2 Å². The van der Waals surface area contributed by atoms with Crippen molar-refractivity contribution in [2.24, 2.45) is 11.8 Å². The average Bonchev–Trinajstić information content (AvgIpc) is 2.84. The van der Waals surface area contributed by atoms with Gasteiger partial charge in [-0.3, -0.25) is 4.79 Å². The Kier molecular flexibility index (Phi) is 6.61. The van der Waals surface area contributed by atoms with Crippen molar-refractivity contribution in [3.63, 3.8) is 0 Å². The van der Waals surface area contributed by atoms with E-state index in [1.54, 1.807) is 0 Å². The van der Waals surface area contributed by atoms with Gasteiger partial charge in [-0.2, -0.15) is 0 Å². The minimum atomic E-state index is 0. The number of carbonyl (C=O) groups excluding carboxylic acids is 1. The lowest BCUT2D eigenvalue weighted by Gasteiger charge is -2.40. The van der Waals surface area contributed by atoms with Gasteiger partial charge in [0.15, 0.2) is 0 Å². The molecule has 19 heavy (non-hydrogen) atoms. The maximum absolute atomic E-state index is 12.5. The lowest BCUT2D eigenvalue weighted by atomic mass is 9.92. The van der Waals surface area contributed by atoms with E-state index in [-0.39, 0.29) is 18.3 Å². The number of amides is 1. The van der Waals surface area contributed by atoms with E-state index in [4.69, 9.17) is 0 Å². The molecule has 0 bridgehead atoms. The molecule has 1 amide bonds. The third-order valence-electron chi connectivity index (χ3n) is 4.90. The maximum Gasteiger partial charge on any atom is 0.225 e. The number of rotatable bonds is 3. The van der Waals surface area contributed by atoms with Crippen LogP contribution in [0, 0.1) is 11.8 Å². The van der Waals surface area contributed by atoms with Crippen molar-refractivity contribution in [2.75, 3.05) is 13.1 Å². The topological polar surface area (TPSA) is 32.3 Å². The van der Waals surface area contributed by atoms with Crippen molar-refractivity contribution in [3.8, 4) is 0 Å². The Morgan fingerprint density at radius 2 is 1.95 bits per heavy atom. The van der Waals surface area contributed by atoms with E-state index in [0.29, 0.717) is 18.0 Å². The quantitative estimate of drug-likeness (QED) is 0.866. The van der Waals surface area contributed by atoms with Gasteiger partial charge in [0.05, 0.1) is 0 Å². The normalized spacial score (nSPS) is 29.9. The number of hydrogen-bond acceptors (Lipinski definition) is 2. The summed E-state index contributed by atoms with van der Waals surface area (Å²) in [5.41, 5.74) is 0. The van der Waals surface area contributed by atoms with Crippen molar-refractivity contribution in [1.29, 1.82) is 0 Å². The number of nitrogens with zero attached hydrogens (tertiary/aromatic N) is 1. The fourth-order valence-corrected chi connectivity index (χ4v) is 3.50. The van der Waals surface area contributed by atoms with E-state index >= 15 is 0 Å². The molecule has 0 aromatic carbocycles. The highest BCUT2D eigenvalue weighted by Gasteiger charge is 2.31. The number of halogens is 1. The van der Waals surface area contributed by atoms with Crippen LogP contribution in [0.2, 0.25) is 0 Å². The molecule has 1 aliphatic heterocycles. The molecular formula is C15H29ClN2O. The van der Waals surface area contributed by atoms with E-state index in [0.717, 1.165) is 25.4 Å². The Morgan fingerprint density at radius 3 is 2.58 bits per heavy atom. The van der Waals surface area contributed by atoms with Crippen LogP contribution in [-0.4, -0.2) is 36.0 Å². The summed E-state index contributed by atoms with van der Waals surface area (Å²) in [6.45, 7) is 8.27. The second-order valence-electron chi connectivity index (χ2n) is 6.30. The highest BCUT2D eigenvalue weighted by molar-refractivity contribution is 5.85. The first kappa shape index (κ1) is 16.8. The lowest BCUT2D eigenvalue weighted by Crippen LogP contribution is -2.58. The minimum absolute atomic E-state index is 0. The molecule has 2 fully saturated rings. The summed E-state index contributed by atoms with van der Waals surface area (Å²) in [5, 5.41) is 3.43. The van der Waals surface area contributed by atoms with Crippen LogP contribution in [0.1, 0.15) is 52.9 Å². The molecule has 3 nitrogen and oxygen atoms in total. The fourth-order valence-electron chi connectivity index (χ4n) is 3.50. The Morgan fingerprint density at radius 1 is 1.32 bits per heavy atom. The third-order valence-corrected chi connectivity index (χ3v) is 4.90. The molecule has 1 heterocycles. The van der Waals surface area contributed by atoms with Gasteiger partial charge >= 0.3 is 0 Å². The fraction of sp³-hybridized carbons (Fsp3) is 0.933. The van der Waals surface area contributed by atoms with E-state index in [9.17, 15) is 4.79 Å². The summed E-state index contributed by atoms with van der Waals surface area (Å²) in [4.78, 5) is 14.6. The van der Waals surface area contributed by atoms with Gasteiger partial charge in [-0.05, 0) is 26.2 Å². The Balaban J connectivity index is 0.00000180. The first-order valence-electron chi connectivity index (χ1n) is 7.63. The summed E-state index contributed by atoms with van der Waals surface area (Å²) < 4.78 is 0. The predicted molar refractivity (Wildman–Crippen MR) is 81.6 cm³/mol. The Hall–Kier alpha value is -0.280. The van der Waals surface area contributed by atoms with Gasteiger partial charge in [-0.15, -0.1) is 12.4 Å². The zero-order valence-corrected chi connectivity index (χ0v) is 13.3. The van der Waals surface area contributed by atoms with E-state index in [1.807, 2.05) is 0 Å². The standard InChI is InChI=1S/C15H28N2O.ClH/c1-11(10-14-6-4-5-7-14)15(18)17-9-8-16-12(2)13(17)3;/h11-14,16H,4-10H2,1-3H3;1H. The molecule has 0 spiro atoms. The summed E-state index contributed by atoms with van der Waals surface area (Å²) in [5.74, 6) is 1.39. The number of nitrogens with one attached hydrogen (secondary N) is 1. The van der Waals surface area contributed by atoms with E-state index in [2.05, 4.69) is 31.0 Å². The molecule has 3 unspecified atom stereocenters. The number of piperazine rings is 1. The second kappa shape index (κ2) is 7.49. The highest BCUT2D eigenvalue weighted by atomic mass is 35.5. The molecule has 112 valence electrons. The molecular weight excluding hydrogens is 260 g/mol. The van der Waals surface area contributed by atoms with Crippen LogP contribution >= 0.6 is 12.4 Å². The summed E-state index contributed by atoms with van der Waals surface area (Å²) in [7, 11) is 0. The first-order chi connectivity index (χ1) is 8.59. The molecule has 1 aliphatic carbocycles. The van der Waals surface area contributed by atoms with Gasteiger partial charge in [0, 0.05) is 31.1 Å². The number of hydrogen-bond donors (Lipinski definition) is 1. The molecule has 1 saturated carbocycles. The van der Waals surface area contributed by atoms with Gasteiger partial charge < -0.3 is 10.2 Å². The molecule has 3 atom stereocenters. The number of carbonyl (C=O) groups is 1. The third kappa shape index (κ3) is 4.09. The SMILES string of the molecule is CC(CC1CCCC1)C(=O)N1CCNC(C)C1C.Cl. The monoisotopic (exact) mass is 288 g/mol. The highest BCUT2D eigenvalue weighted by Crippen LogP contribution is 2.31. The van der Waals surface area contributed by atoms with Crippen molar-refractivity contribution in [2.45, 2.75) is 65.0 Å². The summed E-state index contributed by atoms with van der Waals surface area (Å²) >= 11 is 0. The van der Waals surface area contributed by atoms with Gasteiger partial charge in [0.1, 0.15) is 0 Å². The minimum Gasteiger partial charge on any atom is -0.337 e. The molecule has 1 saturated heterocycles. The van der Waals surface area contributed by atoms with Gasteiger partial charge in [-0.1, -0.05) is 32.6 Å². The van der Waals surface area contributed by atoms with Crippen LogP contribution in [0.3, 0.4) is 0 Å². The Bertz CT molecular complexity index is 292. The summed E-state index contributed by atoms with van der Waals surface area (Å²) in [6, 6.07) is 0.749. The zero-order valence-electron chi connectivity index (χ0n) is 12.5. The smallest absolute Gasteiger partial charge is 0.225 e. The van der Waals surface area contributed by atoms with Crippen LogP contribution in [0.15, 0.2) is 0 Å². The van der Waals surface area contributed by atoms with Crippen LogP contribution in [-0.2, 0) is 4.79 Å². The van der Waals surface area contributed by atoms with E-state index in [1.165, 1.54) is 25.7 Å². The molecule has 0 aromatic rings. The molecule has 2 rings (SSSR count). The Labute approximate surface area is 123 Å². The molecule has 2 aliphatic rings. The van der Waals surface area contributed by atoms with Crippen molar-refractivity contribution < 1.29 is 4.79 Å². The van der Waals surface area contributed by atoms with Crippen molar-refractivity contribution >= 4 is 18.3 Å². The van der Waals surface area contributed by atoms with Crippen molar-refractivity contribution in [3.05, 3.63) is 0 Å². The van der Waals surface area contributed by atoms with Crippen LogP contribution < -0.4 is 5.32 Å². The van der Waals surface area contributed by atoms with Crippen LogP contribution in [0.5, 0.6) is 0 Å². The zero-order chi connectivity index (χ0) is 13.1. The maximum atomic E-state index is 12.5. The van der Waals surface area contributed by atoms with Gasteiger partial charge in [-0.25, -0.2) is 0 Å². The summed E-state index contributed by atoms with van der Waals surface area (Å²) in [6.07, 6.45) is 6.51. The second-order valence-corrected chi connectivity index (χ2v) is 6.30. The predicted octanol–water partition coefficient (Wildman–Crippen LogP) is 2.83. The molecule has 0 aromatic heterocycles. The largest absolute Gasteiger partial charge is 0.337 e. The average molecular weight is 289 g/mol. The van der Waals surface area contributed by atoms with Crippen LogP contribution in [0.25, 0.3) is 0 Å². The lowest BCUT2D eigenvalue weighted by molar-refractivity contribution is -0.139. The molecule has 0 radical (unpaired) electrons. The molecule has 4 heteroatoms. The van der Waals surface area contributed by atoms with Gasteiger partial charge in [0.25, 0.3) is 0 Å². The van der Waals surface area contributed by atoms with Crippen LogP contribution in [0.4, 0.5) is 0 Å². The van der Waals surface area contributed by atoms with E-state index < -0.39 is 0 Å².